The first kappa shape index (κ1) is 22.0. The molecule has 3 rings (SSSR count). The maximum absolute atomic E-state index is 12.3. The Morgan fingerprint density at radius 2 is 2.17 bits per heavy atom. The average molecular weight is 431 g/mol. The van der Waals surface area contributed by atoms with Crippen LogP contribution < -0.4 is 0 Å². The van der Waals surface area contributed by atoms with Gasteiger partial charge in [-0.15, -0.1) is 0 Å². The molecule has 0 aliphatic heterocycles. The van der Waals surface area contributed by atoms with Crippen molar-refractivity contribution >= 4 is 21.4 Å². The lowest BCUT2D eigenvalue weighted by atomic mass is 9.99. The first-order valence-electron chi connectivity index (χ1n) is 9.87. The number of aromatic nitrogens is 1. The summed E-state index contributed by atoms with van der Waals surface area (Å²) >= 11 is 0. The molecule has 8 heteroatoms. The monoisotopic (exact) mass is 430 g/mol. The topological polar surface area (TPSA) is 106 Å². The fraction of sp³-hybridized carbons (Fsp3) is 0.409. The number of hydrogen-bond acceptors (Lipinski definition) is 5. The number of allylic oxidation sites excluding steroid dienone is 5. The molecule has 0 fully saturated rings. The van der Waals surface area contributed by atoms with E-state index in [9.17, 15) is 23.2 Å². The van der Waals surface area contributed by atoms with Crippen LogP contribution in [0.2, 0.25) is 0 Å². The van der Waals surface area contributed by atoms with Gasteiger partial charge in [0.15, 0.2) is 9.84 Å². The molecule has 2 aliphatic rings. The second-order valence-electron chi connectivity index (χ2n) is 7.76. The van der Waals surface area contributed by atoms with Crippen molar-refractivity contribution < 1.29 is 18.3 Å². The van der Waals surface area contributed by atoms with Crippen LogP contribution in [0, 0.1) is 4.91 Å². The summed E-state index contributed by atoms with van der Waals surface area (Å²) in [6.45, 7) is 5.80. The molecule has 2 atom stereocenters. The lowest BCUT2D eigenvalue weighted by molar-refractivity contribution is -0.137. The SMILES string of the molecule is C=C/C=C/Cn1c2c(c3c1[C@@H](CC(=O)O)CC3)CC=C(S(C)(=O)=O)C=C2C(C)N=O. The van der Waals surface area contributed by atoms with Gasteiger partial charge in [0.25, 0.3) is 0 Å². The summed E-state index contributed by atoms with van der Waals surface area (Å²) in [5.41, 5.74) is 4.33. The minimum atomic E-state index is -3.47. The molecule has 0 aromatic carbocycles. The molecule has 2 aliphatic carbocycles. The Bertz CT molecular complexity index is 1090. The summed E-state index contributed by atoms with van der Waals surface area (Å²) in [5.74, 6) is -0.976. The van der Waals surface area contributed by atoms with E-state index in [4.69, 9.17) is 0 Å². The van der Waals surface area contributed by atoms with E-state index in [1.54, 1.807) is 25.2 Å². The summed E-state index contributed by atoms with van der Waals surface area (Å²) in [7, 11) is -3.47. The standard InChI is InChI=1S/C22H26N2O5S/c1-4-5-6-11-24-21-15(12-20(25)26)7-9-17(21)18-10-8-16(30(3,28)29)13-19(22(18)24)14(2)23-27/h4-6,8,13-15H,1,7,9-12H2,2-3H3,(H,25,26)/b6-5+/t14?,15-/m1/s1. The molecule has 160 valence electrons. The van der Waals surface area contributed by atoms with Crippen LogP contribution in [0.5, 0.6) is 0 Å². The molecular weight excluding hydrogens is 404 g/mol. The number of fused-ring (bicyclic) bond motifs is 3. The maximum Gasteiger partial charge on any atom is 0.304 e. The maximum atomic E-state index is 12.3. The summed E-state index contributed by atoms with van der Waals surface area (Å²) in [5, 5.41) is 12.5. The molecule has 0 radical (unpaired) electrons. The number of hydrogen-bond donors (Lipinski definition) is 1. The van der Waals surface area contributed by atoms with Crippen LogP contribution >= 0.6 is 0 Å². The third-order valence-electron chi connectivity index (χ3n) is 5.75. The minimum Gasteiger partial charge on any atom is -0.481 e. The molecule has 1 N–H and O–H groups in total. The van der Waals surface area contributed by atoms with Gasteiger partial charge < -0.3 is 9.67 Å². The van der Waals surface area contributed by atoms with E-state index in [0.717, 1.165) is 41.6 Å². The lowest BCUT2D eigenvalue weighted by Crippen LogP contribution is -2.14. The molecule has 0 bridgehead atoms. The van der Waals surface area contributed by atoms with Gasteiger partial charge in [-0.2, -0.15) is 4.91 Å². The Labute approximate surface area is 176 Å². The molecule has 1 heterocycles. The van der Waals surface area contributed by atoms with Crippen LogP contribution in [0.1, 0.15) is 48.2 Å². The van der Waals surface area contributed by atoms with Crippen molar-refractivity contribution in [2.75, 3.05) is 6.26 Å². The number of rotatable bonds is 8. The number of carboxylic acids is 1. The Hall–Kier alpha value is -2.74. The molecule has 0 saturated heterocycles. The summed E-state index contributed by atoms with van der Waals surface area (Å²) in [6.07, 6.45) is 11.6. The van der Waals surface area contributed by atoms with Crippen LogP contribution in [-0.4, -0.2) is 36.4 Å². The van der Waals surface area contributed by atoms with Gasteiger partial charge in [0.05, 0.1) is 17.0 Å². The average Bonchev–Trinajstić information content (AvgIpc) is 3.11. The highest BCUT2D eigenvalue weighted by molar-refractivity contribution is 7.94. The normalized spacial score (nSPS) is 19.5. The van der Waals surface area contributed by atoms with Crippen molar-refractivity contribution in [2.45, 2.75) is 51.1 Å². The van der Waals surface area contributed by atoms with E-state index in [1.807, 2.05) is 16.7 Å². The van der Waals surface area contributed by atoms with Gasteiger partial charge in [-0.25, -0.2) is 8.42 Å². The zero-order valence-corrected chi connectivity index (χ0v) is 18.0. The molecule has 0 saturated carbocycles. The van der Waals surface area contributed by atoms with Gasteiger partial charge in [-0.1, -0.05) is 36.1 Å². The predicted molar refractivity (Wildman–Crippen MR) is 117 cm³/mol. The zero-order valence-electron chi connectivity index (χ0n) is 17.2. The van der Waals surface area contributed by atoms with Gasteiger partial charge in [-0.3, -0.25) is 4.79 Å². The number of sulfone groups is 1. The highest BCUT2D eigenvalue weighted by atomic mass is 32.2. The highest BCUT2D eigenvalue weighted by Gasteiger charge is 2.36. The number of carbonyl (C=O) groups is 1. The lowest BCUT2D eigenvalue weighted by Gasteiger charge is -2.19. The van der Waals surface area contributed by atoms with Gasteiger partial charge in [0.2, 0.25) is 0 Å². The smallest absolute Gasteiger partial charge is 0.304 e. The molecule has 1 aromatic heterocycles. The highest BCUT2D eigenvalue weighted by Crippen LogP contribution is 2.45. The largest absolute Gasteiger partial charge is 0.481 e. The van der Waals surface area contributed by atoms with Gasteiger partial charge >= 0.3 is 5.97 Å². The molecule has 30 heavy (non-hydrogen) atoms. The molecule has 7 nitrogen and oxygen atoms in total. The van der Waals surface area contributed by atoms with Crippen molar-refractivity contribution in [1.29, 1.82) is 0 Å². The van der Waals surface area contributed by atoms with E-state index in [2.05, 4.69) is 11.8 Å². The molecule has 1 unspecified atom stereocenters. The van der Waals surface area contributed by atoms with Crippen LogP contribution in [0.4, 0.5) is 0 Å². The fourth-order valence-electron chi connectivity index (χ4n) is 4.47. The number of aliphatic carboxylic acids is 1. The van der Waals surface area contributed by atoms with Crippen molar-refractivity contribution in [3.8, 4) is 0 Å². The van der Waals surface area contributed by atoms with E-state index >= 15 is 0 Å². The Kier molecular flexibility index (Phi) is 6.26. The third-order valence-corrected chi connectivity index (χ3v) is 6.89. The van der Waals surface area contributed by atoms with Gasteiger partial charge in [0, 0.05) is 30.0 Å². The predicted octanol–water partition coefficient (Wildman–Crippen LogP) is 3.76. The van der Waals surface area contributed by atoms with Gasteiger partial charge in [-0.05, 0) is 43.4 Å². The van der Waals surface area contributed by atoms with Crippen LogP contribution in [0.25, 0.3) is 5.57 Å². The molecular formula is C22H26N2O5S. The van der Waals surface area contributed by atoms with Crippen molar-refractivity contribution in [3.05, 3.63) is 69.3 Å². The van der Waals surface area contributed by atoms with E-state index in [0.29, 0.717) is 18.5 Å². The zero-order chi connectivity index (χ0) is 22.1. The van der Waals surface area contributed by atoms with E-state index < -0.39 is 21.8 Å². The van der Waals surface area contributed by atoms with Gasteiger partial charge in [0.1, 0.15) is 6.04 Å². The number of nitroso groups, excluding NO2 is 1. The molecule has 0 spiro atoms. The van der Waals surface area contributed by atoms with Crippen LogP contribution in [-0.2, 0) is 34.0 Å². The van der Waals surface area contributed by atoms with Crippen molar-refractivity contribution in [1.82, 2.24) is 4.57 Å². The third kappa shape index (κ3) is 4.09. The summed E-state index contributed by atoms with van der Waals surface area (Å²) in [6, 6.07) is -0.748. The first-order valence-corrected chi connectivity index (χ1v) is 11.8. The van der Waals surface area contributed by atoms with Crippen LogP contribution in [0.15, 0.2) is 47.0 Å². The molecule has 1 aromatic rings. The van der Waals surface area contributed by atoms with Crippen molar-refractivity contribution in [3.63, 3.8) is 0 Å². The first-order chi connectivity index (χ1) is 14.2. The summed E-state index contributed by atoms with van der Waals surface area (Å²) < 4.78 is 26.6. The second-order valence-corrected chi connectivity index (χ2v) is 9.78. The Morgan fingerprint density at radius 1 is 1.43 bits per heavy atom. The number of carboxylic acid groups (broad SMARTS) is 1. The summed E-state index contributed by atoms with van der Waals surface area (Å²) in [4.78, 5) is 23.1. The quantitative estimate of drug-likeness (QED) is 0.499. The number of nitrogens with zero attached hydrogens (tertiary/aromatic N) is 2. The fourth-order valence-corrected chi connectivity index (χ4v) is 5.20. The van der Waals surface area contributed by atoms with E-state index in [1.165, 1.54) is 0 Å². The minimum absolute atomic E-state index is 0.0338. The Balaban J connectivity index is 2.28. The molecule has 0 amide bonds. The second kappa shape index (κ2) is 8.55. The van der Waals surface area contributed by atoms with Crippen LogP contribution in [0.3, 0.4) is 0 Å². The Morgan fingerprint density at radius 3 is 2.77 bits per heavy atom. The van der Waals surface area contributed by atoms with E-state index in [-0.39, 0.29) is 17.2 Å². The van der Waals surface area contributed by atoms with Crippen molar-refractivity contribution in [2.24, 2.45) is 5.18 Å².